The third-order valence-electron chi connectivity index (χ3n) is 20.6. The molecule has 2 aliphatic heterocycles. The van der Waals surface area contributed by atoms with Gasteiger partial charge in [-0.3, -0.25) is 0 Å². The van der Waals surface area contributed by atoms with Crippen molar-refractivity contribution in [2.45, 2.75) is 106 Å². The van der Waals surface area contributed by atoms with Crippen LogP contribution >= 0.6 is 0 Å². The van der Waals surface area contributed by atoms with Gasteiger partial charge in [-0.25, -0.2) is 0 Å². The van der Waals surface area contributed by atoms with Crippen molar-refractivity contribution in [1.82, 2.24) is 0 Å². The molecule has 3 nitrogen and oxygen atoms in total. The van der Waals surface area contributed by atoms with E-state index in [0.29, 0.717) is 0 Å². The van der Waals surface area contributed by atoms with E-state index in [1.54, 1.807) is 0 Å². The summed E-state index contributed by atoms with van der Waals surface area (Å²) in [6.45, 7) is 10.2. The van der Waals surface area contributed by atoms with Gasteiger partial charge in [0.2, 0.25) is 0 Å². The monoisotopic (exact) mass is 956 g/mol. The maximum Gasteiger partial charge on any atom is 0.143 e. The molecule has 16 rings (SSSR count). The van der Waals surface area contributed by atoms with Crippen LogP contribution in [-0.4, -0.2) is 11.1 Å². The molecular weight excluding hydrogens is 897 g/mol. The number of hydrogen-bond acceptors (Lipinski definition) is 3. The Hall–Kier alpha value is -7.62. The average molecular weight is 957 g/mol. The van der Waals surface area contributed by atoms with Gasteiger partial charge in [-0.1, -0.05) is 173 Å². The molecule has 74 heavy (non-hydrogen) atoms. The van der Waals surface area contributed by atoms with E-state index in [0.717, 1.165) is 28.5 Å². The lowest BCUT2D eigenvalue weighted by Gasteiger charge is -2.50. The van der Waals surface area contributed by atoms with Crippen LogP contribution in [0.3, 0.4) is 0 Å². The first-order valence-corrected chi connectivity index (χ1v) is 27.5. The van der Waals surface area contributed by atoms with Gasteiger partial charge in [-0.05, 0) is 173 Å². The van der Waals surface area contributed by atoms with Crippen molar-refractivity contribution in [2.75, 3.05) is 9.80 Å². The van der Waals surface area contributed by atoms with Crippen molar-refractivity contribution in [1.29, 1.82) is 0 Å². The first-order valence-electron chi connectivity index (χ1n) is 27.5. The highest BCUT2D eigenvalue weighted by Gasteiger charge is 2.60. The predicted molar refractivity (Wildman–Crippen MR) is 307 cm³/mol. The molecule has 2 fully saturated rings. The van der Waals surface area contributed by atoms with Crippen LogP contribution in [0.1, 0.15) is 112 Å². The van der Waals surface area contributed by atoms with Crippen LogP contribution in [0.5, 0.6) is 0 Å². The summed E-state index contributed by atoms with van der Waals surface area (Å²) < 4.78 is 7.25. The molecule has 4 atom stereocenters. The Morgan fingerprint density at radius 3 is 1.59 bits per heavy atom. The van der Waals surface area contributed by atoms with E-state index in [1.807, 2.05) is 0 Å². The molecule has 3 heterocycles. The van der Waals surface area contributed by atoms with E-state index in [9.17, 15) is 0 Å². The normalized spacial score (nSPS) is 24.3. The Morgan fingerprint density at radius 1 is 0.378 bits per heavy atom. The van der Waals surface area contributed by atoms with Gasteiger partial charge in [0.1, 0.15) is 11.2 Å². The summed E-state index contributed by atoms with van der Waals surface area (Å²) in [4.78, 5) is 5.40. The van der Waals surface area contributed by atoms with E-state index >= 15 is 0 Å². The van der Waals surface area contributed by atoms with Crippen molar-refractivity contribution in [3.8, 4) is 44.5 Å². The van der Waals surface area contributed by atoms with Crippen LogP contribution in [0.2, 0.25) is 0 Å². The molecule has 2 saturated carbocycles. The van der Waals surface area contributed by atoms with Gasteiger partial charge in [0, 0.05) is 49.9 Å². The summed E-state index contributed by atoms with van der Waals surface area (Å²) >= 11 is 0. The van der Waals surface area contributed by atoms with Gasteiger partial charge < -0.3 is 14.2 Å². The van der Waals surface area contributed by atoms with Crippen LogP contribution in [0.25, 0.3) is 66.4 Å². The lowest BCUT2D eigenvalue weighted by molar-refractivity contribution is 0.195. The topological polar surface area (TPSA) is 19.6 Å². The van der Waals surface area contributed by atoms with Crippen molar-refractivity contribution >= 4 is 44.7 Å². The quantitative estimate of drug-likeness (QED) is 0.175. The van der Waals surface area contributed by atoms with Gasteiger partial charge in [0.15, 0.2) is 0 Å². The Balaban J connectivity index is 0.959. The first kappa shape index (κ1) is 42.8. The maximum absolute atomic E-state index is 7.25. The number of nitrogens with zero attached hydrogens (tertiary/aromatic N) is 2. The largest absolute Gasteiger partial charge is 0.455 e. The van der Waals surface area contributed by atoms with Gasteiger partial charge in [-0.2, -0.15) is 0 Å². The van der Waals surface area contributed by atoms with E-state index in [2.05, 4.69) is 232 Å². The van der Waals surface area contributed by atoms with Crippen molar-refractivity contribution in [3.63, 3.8) is 0 Å². The maximum atomic E-state index is 7.25. The smallest absolute Gasteiger partial charge is 0.143 e. The van der Waals surface area contributed by atoms with Gasteiger partial charge in [0.05, 0.1) is 16.5 Å². The minimum atomic E-state index is -0.577. The Labute approximate surface area is 435 Å². The molecule has 360 valence electrons. The number of anilines is 4. The van der Waals surface area contributed by atoms with E-state index in [4.69, 9.17) is 4.42 Å². The Bertz CT molecular complexity index is 3970. The Kier molecular flexibility index (Phi) is 8.56. The zero-order valence-corrected chi connectivity index (χ0v) is 42.9. The standard InChI is InChI=1S/C71H60N2O/c1-67-37-17-19-39-69(67,3)73(49-23-9-6-10-24-49)62-43-47(32-35-57(62)67)54-44-60-64(65-53-27-13-16-30-63(53)74-66(54)65)52-34-31-45(41-58(52)71(60)55-28-14-11-25-50(55)51-26-12-15-29-56(51)71)46-33-36-61-59(42-46)68(2)38-18-20-40-70(68,4)72(61)48-21-7-5-8-22-48/h5-16,21-36,41-44H,17-20,37-40H2,1-4H3. The summed E-state index contributed by atoms with van der Waals surface area (Å²) in [5.74, 6) is 0. The molecule has 0 N–H and O–H groups in total. The lowest BCUT2D eigenvalue weighted by atomic mass is 9.61. The fourth-order valence-corrected chi connectivity index (χ4v) is 16.7. The second-order valence-corrected chi connectivity index (χ2v) is 23.7. The van der Waals surface area contributed by atoms with Crippen molar-refractivity contribution < 1.29 is 4.42 Å². The van der Waals surface area contributed by atoms with E-state index in [1.165, 1.54) is 145 Å². The minimum Gasteiger partial charge on any atom is -0.455 e. The molecule has 6 aliphatic rings. The number of hydrogen-bond donors (Lipinski definition) is 0. The molecule has 3 heteroatoms. The number of benzene rings is 9. The van der Waals surface area contributed by atoms with E-state index in [-0.39, 0.29) is 21.9 Å². The predicted octanol–water partition coefficient (Wildman–Crippen LogP) is 18.7. The third kappa shape index (κ3) is 5.14. The van der Waals surface area contributed by atoms with Crippen LogP contribution < -0.4 is 9.80 Å². The number of rotatable bonds is 4. The molecule has 1 spiro atoms. The van der Waals surface area contributed by atoms with Gasteiger partial charge >= 0.3 is 0 Å². The summed E-state index contributed by atoms with van der Waals surface area (Å²) in [6, 6.07) is 74.6. The van der Waals surface area contributed by atoms with Crippen LogP contribution in [0, 0.1) is 0 Å². The molecule has 4 unspecified atom stereocenters. The molecule has 1 aromatic heterocycles. The number of fused-ring (bicyclic) bond motifs is 20. The highest BCUT2D eigenvalue weighted by molar-refractivity contribution is 6.20. The van der Waals surface area contributed by atoms with Crippen LogP contribution in [-0.2, 0) is 16.2 Å². The molecule has 0 saturated heterocycles. The second-order valence-electron chi connectivity index (χ2n) is 23.7. The zero-order valence-electron chi connectivity index (χ0n) is 42.9. The Morgan fingerprint density at radius 2 is 0.919 bits per heavy atom. The molecule has 10 aromatic rings. The fourth-order valence-electron chi connectivity index (χ4n) is 16.7. The first-order chi connectivity index (χ1) is 36.2. The SMILES string of the molecule is CC12CCCCC1(C)N(c1ccccc1)c1cc(-c3cc4c(c5c3oc3ccccc35)-c3ccc(-c5ccc6c(c5)C5(C)CCCCC5(C)N6c5ccccc5)cc3C43c4ccccc4-c4ccccc43)ccc12. The van der Waals surface area contributed by atoms with Gasteiger partial charge in [0.25, 0.3) is 0 Å². The molecule has 0 bridgehead atoms. The average Bonchev–Trinajstić information content (AvgIpc) is 4.18. The zero-order chi connectivity index (χ0) is 49.3. The van der Waals surface area contributed by atoms with Crippen LogP contribution in [0.4, 0.5) is 22.7 Å². The second kappa shape index (κ2) is 14.8. The highest BCUT2D eigenvalue weighted by Crippen LogP contribution is 2.67. The van der Waals surface area contributed by atoms with Crippen molar-refractivity contribution in [3.05, 3.63) is 228 Å². The van der Waals surface area contributed by atoms with Crippen molar-refractivity contribution in [2.24, 2.45) is 0 Å². The number of furan rings is 1. The highest BCUT2D eigenvalue weighted by atomic mass is 16.3. The molecule has 9 aromatic carbocycles. The molecule has 0 radical (unpaired) electrons. The number of para-hydroxylation sites is 3. The lowest BCUT2D eigenvalue weighted by Crippen LogP contribution is -2.54. The van der Waals surface area contributed by atoms with Crippen LogP contribution in [0.15, 0.2) is 199 Å². The summed E-state index contributed by atoms with van der Waals surface area (Å²) in [6.07, 6.45) is 9.71. The summed E-state index contributed by atoms with van der Waals surface area (Å²) in [5, 5.41) is 2.37. The third-order valence-corrected chi connectivity index (χ3v) is 20.6. The molecular formula is C71H60N2O. The van der Waals surface area contributed by atoms with Gasteiger partial charge in [-0.15, -0.1) is 0 Å². The fraction of sp³-hybridized carbons (Fsp3) is 0.239. The summed E-state index contributed by atoms with van der Waals surface area (Å²) in [7, 11) is 0. The minimum absolute atomic E-state index is 0.0113. The molecule has 0 amide bonds. The molecule has 4 aliphatic carbocycles. The van der Waals surface area contributed by atoms with E-state index < -0.39 is 5.41 Å². The summed E-state index contributed by atoms with van der Waals surface area (Å²) in [5.41, 5.74) is 24.9.